The van der Waals surface area contributed by atoms with Crippen LogP contribution in [0, 0.1) is 5.92 Å². The molecule has 1 atom stereocenters. The molecule has 0 aliphatic carbocycles. The lowest BCUT2D eigenvalue weighted by Crippen LogP contribution is -2.45. The van der Waals surface area contributed by atoms with E-state index in [-0.39, 0.29) is 41.8 Å². The molecule has 8 nitrogen and oxygen atoms in total. The van der Waals surface area contributed by atoms with Gasteiger partial charge in [0.15, 0.2) is 11.8 Å². The van der Waals surface area contributed by atoms with Gasteiger partial charge in [-0.3, -0.25) is 9.79 Å². The van der Waals surface area contributed by atoms with Crippen LogP contribution in [0.15, 0.2) is 41.8 Å². The Balaban J connectivity index is 0.00000280. The zero-order valence-electron chi connectivity index (χ0n) is 16.5. The molecule has 1 fully saturated rings. The number of nitrogens with one attached hydrogen (secondary N) is 2. The number of halogens is 1. The summed E-state index contributed by atoms with van der Waals surface area (Å²) < 4.78 is 1.73. The zero-order chi connectivity index (χ0) is 19.2. The Morgan fingerprint density at radius 2 is 2.21 bits per heavy atom. The average molecular weight is 497 g/mol. The molecule has 3 rings (SSSR count). The first-order chi connectivity index (χ1) is 13.1. The van der Waals surface area contributed by atoms with Crippen LogP contribution in [0.3, 0.4) is 0 Å². The van der Waals surface area contributed by atoms with Gasteiger partial charge in [0.25, 0.3) is 0 Å². The van der Waals surface area contributed by atoms with E-state index in [2.05, 4.69) is 25.7 Å². The maximum absolute atomic E-state index is 12.1. The fourth-order valence-electron chi connectivity index (χ4n) is 3.12. The minimum Gasteiger partial charge on any atom is -0.352 e. The van der Waals surface area contributed by atoms with Gasteiger partial charge < -0.3 is 15.5 Å². The molecule has 0 spiro atoms. The fraction of sp³-hybridized carbons (Fsp3) is 0.474. The Hall–Kier alpha value is -2.17. The summed E-state index contributed by atoms with van der Waals surface area (Å²) in [6, 6.07) is 6.04. The van der Waals surface area contributed by atoms with E-state index in [1.807, 2.05) is 43.1 Å². The topological polar surface area (TPSA) is 87.4 Å². The van der Waals surface area contributed by atoms with E-state index in [9.17, 15) is 4.79 Å². The van der Waals surface area contributed by atoms with Crippen molar-refractivity contribution in [2.45, 2.75) is 32.9 Å². The number of pyridine rings is 1. The van der Waals surface area contributed by atoms with Crippen LogP contribution < -0.4 is 10.6 Å². The van der Waals surface area contributed by atoms with Gasteiger partial charge in [-0.1, -0.05) is 13.8 Å². The van der Waals surface area contributed by atoms with Gasteiger partial charge in [0, 0.05) is 57.2 Å². The molecule has 152 valence electrons. The molecule has 1 amide bonds. The van der Waals surface area contributed by atoms with Crippen LogP contribution in [0.2, 0.25) is 0 Å². The predicted octanol–water partition coefficient (Wildman–Crippen LogP) is 1.81. The molecule has 1 saturated heterocycles. The third-order valence-corrected chi connectivity index (χ3v) is 4.57. The van der Waals surface area contributed by atoms with Gasteiger partial charge in [0.05, 0.1) is 0 Å². The van der Waals surface area contributed by atoms with Crippen molar-refractivity contribution in [3.05, 3.63) is 42.4 Å². The first kappa shape index (κ1) is 22.1. The molecule has 1 aliphatic rings. The lowest BCUT2D eigenvalue weighted by Gasteiger charge is -2.20. The van der Waals surface area contributed by atoms with Gasteiger partial charge >= 0.3 is 0 Å². The minimum atomic E-state index is 0. The molecule has 9 heteroatoms. The summed E-state index contributed by atoms with van der Waals surface area (Å²) in [5.74, 6) is 1.76. The van der Waals surface area contributed by atoms with E-state index in [4.69, 9.17) is 0 Å². The number of rotatable bonds is 5. The van der Waals surface area contributed by atoms with Crippen molar-refractivity contribution in [2.24, 2.45) is 10.9 Å². The largest absolute Gasteiger partial charge is 0.352 e. The van der Waals surface area contributed by atoms with Gasteiger partial charge in [0.1, 0.15) is 0 Å². The van der Waals surface area contributed by atoms with Gasteiger partial charge in [-0.2, -0.15) is 5.10 Å². The van der Waals surface area contributed by atoms with Gasteiger partial charge in [-0.25, -0.2) is 9.67 Å². The lowest BCUT2D eigenvalue weighted by atomic mass is 10.2. The molecule has 1 unspecified atom stereocenters. The first-order valence-electron chi connectivity index (χ1n) is 9.27. The zero-order valence-corrected chi connectivity index (χ0v) is 18.8. The number of guanidine groups is 1. The second-order valence-electron chi connectivity index (χ2n) is 6.97. The van der Waals surface area contributed by atoms with Crippen LogP contribution in [-0.4, -0.2) is 57.7 Å². The second-order valence-corrected chi connectivity index (χ2v) is 6.97. The molecule has 0 radical (unpaired) electrons. The Labute approximate surface area is 182 Å². The van der Waals surface area contributed by atoms with Crippen LogP contribution in [0.5, 0.6) is 0 Å². The average Bonchev–Trinajstić information content (AvgIpc) is 3.36. The third-order valence-electron chi connectivity index (χ3n) is 4.57. The number of hydrogen-bond donors (Lipinski definition) is 2. The number of nitrogens with zero attached hydrogens (tertiary/aromatic N) is 5. The Morgan fingerprint density at radius 3 is 2.89 bits per heavy atom. The van der Waals surface area contributed by atoms with Crippen LogP contribution >= 0.6 is 24.0 Å². The van der Waals surface area contributed by atoms with Crippen molar-refractivity contribution in [1.29, 1.82) is 0 Å². The summed E-state index contributed by atoms with van der Waals surface area (Å²) in [4.78, 5) is 22.7. The summed E-state index contributed by atoms with van der Waals surface area (Å²) in [5.41, 5.74) is 1.08. The van der Waals surface area contributed by atoms with E-state index in [0.717, 1.165) is 36.9 Å². The van der Waals surface area contributed by atoms with E-state index in [1.54, 1.807) is 24.1 Å². The van der Waals surface area contributed by atoms with Gasteiger partial charge in [-0.15, -0.1) is 24.0 Å². The van der Waals surface area contributed by atoms with Crippen molar-refractivity contribution >= 4 is 35.8 Å². The number of carbonyl (C=O) groups excluding carboxylic acids is 1. The Kier molecular flexibility index (Phi) is 8.21. The lowest BCUT2D eigenvalue weighted by molar-refractivity contribution is -0.133. The summed E-state index contributed by atoms with van der Waals surface area (Å²) in [6.45, 7) is 6.02. The molecule has 0 bridgehead atoms. The highest BCUT2D eigenvalue weighted by atomic mass is 127. The van der Waals surface area contributed by atoms with Crippen molar-refractivity contribution < 1.29 is 4.79 Å². The van der Waals surface area contributed by atoms with Gasteiger partial charge in [0.2, 0.25) is 5.91 Å². The highest BCUT2D eigenvalue weighted by Gasteiger charge is 2.27. The van der Waals surface area contributed by atoms with E-state index in [0.29, 0.717) is 6.54 Å². The van der Waals surface area contributed by atoms with E-state index in [1.165, 1.54) is 0 Å². The summed E-state index contributed by atoms with van der Waals surface area (Å²) >= 11 is 0. The highest BCUT2D eigenvalue weighted by molar-refractivity contribution is 14.0. The molecule has 0 aromatic carbocycles. The number of carbonyl (C=O) groups is 1. The molecule has 2 N–H and O–H groups in total. The SMILES string of the molecule is CN=C(NCc1ccnc(-n2cccn2)c1)NC1CCN(C(=O)C(C)C)C1.I. The predicted molar refractivity (Wildman–Crippen MR) is 120 cm³/mol. The third kappa shape index (κ3) is 5.66. The quantitative estimate of drug-likeness (QED) is 0.374. The summed E-state index contributed by atoms with van der Waals surface area (Å²) in [5, 5.41) is 11.0. The van der Waals surface area contributed by atoms with Crippen molar-refractivity contribution in [3.8, 4) is 5.82 Å². The molecule has 28 heavy (non-hydrogen) atoms. The molecule has 3 heterocycles. The number of likely N-dealkylation sites (tertiary alicyclic amines) is 1. The molecule has 0 saturated carbocycles. The standard InChI is InChI=1S/C19H27N7O.HI/c1-14(2)18(27)25-10-6-16(13-25)24-19(20-3)22-12-15-5-8-21-17(11-15)26-9-4-7-23-26;/h4-5,7-9,11,14,16H,6,10,12-13H2,1-3H3,(H2,20,22,24);1H. The molecular weight excluding hydrogens is 469 g/mol. The molecule has 2 aromatic heterocycles. The van der Waals surface area contributed by atoms with Crippen LogP contribution in [0.25, 0.3) is 5.82 Å². The number of hydrogen-bond acceptors (Lipinski definition) is 4. The minimum absolute atomic E-state index is 0. The van der Waals surface area contributed by atoms with Crippen molar-refractivity contribution in [2.75, 3.05) is 20.1 Å². The number of amides is 1. The monoisotopic (exact) mass is 497 g/mol. The highest BCUT2D eigenvalue weighted by Crippen LogP contribution is 2.13. The van der Waals surface area contributed by atoms with Gasteiger partial charge in [-0.05, 0) is 30.2 Å². The first-order valence-corrected chi connectivity index (χ1v) is 9.27. The number of aliphatic imine (C=N–C) groups is 1. The fourth-order valence-corrected chi connectivity index (χ4v) is 3.12. The molecule has 2 aromatic rings. The van der Waals surface area contributed by atoms with Crippen LogP contribution in [0.4, 0.5) is 0 Å². The van der Waals surface area contributed by atoms with E-state index < -0.39 is 0 Å². The summed E-state index contributed by atoms with van der Waals surface area (Å²) in [6.07, 6.45) is 6.30. The summed E-state index contributed by atoms with van der Waals surface area (Å²) in [7, 11) is 1.75. The Morgan fingerprint density at radius 1 is 1.39 bits per heavy atom. The molecule has 1 aliphatic heterocycles. The smallest absolute Gasteiger partial charge is 0.225 e. The van der Waals surface area contributed by atoms with Crippen LogP contribution in [-0.2, 0) is 11.3 Å². The number of aromatic nitrogens is 3. The normalized spacial score (nSPS) is 16.8. The molecular formula is C19H28IN7O. The maximum Gasteiger partial charge on any atom is 0.225 e. The van der Waals surface area contributed by atoms with Crippen molar-refractivity contribution in [3.63, 3.8) is 0 Å². The Bertz CT molecular complexity index is 791. The maximum atomic E-state index is 12.1. The second kappa shape index (κ2) is 10.4. The van der Waals surface area contributed by atoms with Crippen LogP contribution in [0.1, 0.15) is 25.8 Å². The van der Waals surface area contributed by atoms with E-state index >= 15 is 0 Å². The van der Waals surface area contributed by atoms with Crippen molar-refractivity contribution in [1.82, 2.24) is 30.3 Å².